The highest BCUT2D eigenvalue weighted by atomic mass is 19.4. The maximum Gasteiger partial charge on any atom is 0.411 e. The molecule has 1 saturated heterocycles. The predicted molar refractivity (Wildman–Crippen MR) is 99.9 cm³/mol. The minimum Gasteiger partial charge on any atom is -0.372 e. The van der Waals surface area contributed by atoms with Gasteiger partial charge in [-0.05, 0) is 24.0 Å². The number of fused-ring (bicyclic) bond motifs is 1. The van der Waals surface area contributed by atoms with Crippen molar-refractivity contribution in [3.05, 3.63) is 35.4 Å². The quantitative estimate of drug-likeness (QED) is 0.659. The van der Waals surface area contributed by atoms with Gasteiger partial charge in [-0.1, -0.05) is 24.3 Å². The Morgan fingerprint density at radius 3 is 2.39 bits per heavy atom. The molecule has 156 valence electrons. The van der Waals surface area contributed by atoms with E-state index >= 15 is 0 Å². The fourth-order valence-electron chi connectivity index (χ4n) is 3.75. The van der Waals surface area contributed by atoms with Gasteiger partial charge in [0.25, 0.3) is 0 Å². The van der Waals surface area contributed by atoms with Crippen LogP contribution in [0.1, 0.15) is 17.5 Å². The van der Waals surface area contributed by atoms with Gasteiger partial charge >= 0.3 is 6.18 Å². The molecule has 2 aliphatic rings. The standard InChI is InChI=1S/C20H28F3N3O2/c21-20(22,23)16-28-13-3-7-24-9-11-25(12-10-24)15-19(27)26-8-6-17-4-1-2-5-18(17)14-26/h1-2,4-5H,3,6-16H2. The minimum absolute atomic E-state index is 0.120. The first-order valence-corrected chi connectivity index (χ1v) is 9.84. The summed E-state index contributed by atoms with van der Waals surface area (Å²) >= 11 is 0. The largest absolute Gasteiger partial charge is 0.411 e. The molecule has 8 heteroatoms. The number of amides is 1. The summed E-state index contributed by atoms with van der Waals surface area (Å²) in [6.07, 6.45) is -2.76. The van der Waals surface area contributed by atoms with Crippen LogP contribution in [0, 0.1) is 0 Å². The Kier molecular flexibility index (Phi) is 7.31. The van der Waals surface area contributed by atoms with Gasteiger partial charge in [0.1, 0.15) is 6.61 Å². The molecule has 5 nitrogen and oxygen atoms in total. The highest BCUT2D eigenvalue weighted by Gasteiger charge is 2.27. The monoisotopic (exact) mass is 399 g/mol. The summed E-state index contributed by atoms with van der Waals surface area (Å²) in [5.74, 6) is 0.170. The van der Waals surface area contributed by atoms with Gasteiger partial charge in [-0.25, -0.2) is 0 Å². The first-order valence-electron chi connectivity index (χ1n) is 9.84. The summed E-state index contributed by atoms with van der Waals surface area (Å²) in [7, 11) is 0. The predicted octanol–water partition coefficient (Wildman–Crippen LogP) is 2.16. The van der Waals surface area contributed by atoms with Crippen LogP contribution in [0.5, 0.6) is 0 Å². The van der Waals surface area contributed by atoms with Crippen LogP contribution in [0.2, 0.25) is 0 Å². The van der Waals surface area contributed by atoms with E-state index in [4.69, 9.17) is 0 Å². The number of hydrogen-bond donors (Lipinski definition) is 0. The molecule has 0 N–H and O–H groups in total. The third-order valence-corrected chi connectivity index (χ3v) is 5.34. The summed E-state index contributed by atoms with van der Waals surface area (Å²) in [5.41, 5.74) is 2.57. The van der Waals surface area contributed by atoms with E-state index in [2.05, 4.69) is 26.7 Å². The van der Waals surface area contributed by atoms with E-state index in [0.29, 0.717) is 19.5 Å². The lowest BCUT2D eigenvalue weighted by atomic mass is 10.00. The Morgan fingerprint density at radius 1 is 1.00 bits per heavy atom. The zero-order valence-electron chi connectivity index (χ0n) is 16.1. The molecule has 0 radical (unpaired) electrons. The van der Waals surface area contributed by atoms with Gasteiger partial charge in [0, 0.05) is 52.4 Å². The molecular formula is C20H28F3N3O2. The molecule has 0 aliphatic carbocycles. The highest BCUT2D eigenvalue weighted by Crippen LogP contribution is 2.19. The Morgan fingerprint density at radius 2 is 1.68 bits per heavy atom. The average molecular weight is 399 g/mol. The number of piperazine rings is 1. The van der Waals surface area contributed by atoms with Crippen LogP contribution in [0.25, 0.3) is 0 Å². The second-order valence-corrected chi connectivity index (χ2v) is 7.47. The molecule has 28 heavy (non-hydrogen) atoms. The number of carbonyl (C=O) groups is 1. The van der Waals surface area contributed by atoms with Crippen LogP contribution < -0.4 is 0 Å². The van der Waals surface area contributed by atoms with Gasteiger partial charge in [0.15, 0.2) is 0 Å². The lowest BCUT2D eigenvalue weighted by molar-refractivity contribution is -0.174. The fraction of sp³-hybridized carbons (Fsp3) is 0.650. The maximum absolute atomic E-state index is 12.6. The van der Waals surface area contributed by atoms with E-state index in [0.717, 1.165) is 45.7 Å². The van der Waals surface area contributed by atoms with Crippen molar-refractivity contribution in [3.8, 4) is 0 Å². The van der Waals surface area contributed by atoms with Gasteiger partial charge in [-0.3, -0.25) is 9.69 Å². The number of benzene rings is 1. The van der Waals surface area contributed by atoms with Crippen molar-refractivity contribution in [3.63, 3.8) is 0 Å². The van der Waals surface area contributed by atoms with Gasteiger partial charge in [-0.2, -0.15) is 13.2 Å². The van der Waals surface area contributed by atoms with Crippen molar-refractivity contribution >= 4 is 5.91 Å². The summed E-state index contributed by atoms with van der Waals surface area (Å²) in [4.78, 5) is 19.0. The molecular weight excluding hydrogens is 371 g/mol. The van der Waals surface area contributed by atoms with E-state index < -0.39 is 12.8 Å². The molecule has 0 aromatic heterocycles. The van der Waals surface area contributed by atoms with Crippen LogP contribution in [0.4, 0.5) is 13.2 Å². The van der Waals surface area contributed by atoms with E-state index in [-0.39, 0.29) is 12.5 Å². The third-order valence-electron chi connectivity index (χ3n) is 5.34. The van der Waals surface area contributed by atoms with E-state index in [1.807, 2.05) is 17.0 Å². The smallest absolute Gasteiger partial charge is 0.372 e. The first kappa shape index (κ1) is 21.1. The zero-order chi connectivity index (χ0) is 20.0. The van der Waals surface area contributed by atoms with E-state index in [1.165, 1.54) is 11.1 Å². The summed E-state index contributed by atoms with van der Waals surface area (Å²) in [6.45, 7) is 4.83. The molecule has 0 spiro atoms. The number of alkyl halides is 3. The zero-order valence-corrected chi connectivity index (χ0v) is 16.1. The van der Waals surface area contributed by atoms with Gasteiger partial charge < -0.3 is 14.5 Å². The first-order chi connectivity index (χ1) is 13.4. The highest BCUT2D eigenvalue weighted by molar-refractivity contribution is 5.78. The summed E-state index contributed by atoms with van der Waals surface area (Å²) in [6, 6.07) is 8.27. The molecule has 1 amide bonds. The van der Waals surface area contributed by atoms with Crippen LogP contribution in [-0.4, -0.2) is 85.8 Å². The molecule has 3 rings (SSSR count). The Hall–Kier alpha value is -1.64. The third kappa shape index (κ3) is 6.46. The molecule has 0 bridgehead atoms. The fourth-order valence-corrected chi connectivity index (χ4v) is 3.75. The van der Waals surface area contributed by atoms with Crippen LogP contribution in [0.15, 0.2) is 24.3 Å². The van der Waals surface area contributed by atoms with Gasteiger partial charge in [0.05, 0.1) is 6.54 Å². The topological polar surface area (TPSA) is 36.0 Å². The maximum atomic E-state index is 12.6. The molecule has 2 aliphatic heterocycles. The normalized spacial score (nSPS) is 18.9. The minimum atomic E-state index is -4.26. The van der Waals surface area contributed by atoms with Crippen molar-refractivity contribution < 1.29 is 22.7 Å². The van der Waals surface area contributed by atoms with Crippen molar-refractivity contribution in [2.75, 3.05) is 59.0 Å². The Bertz CT molecular complexity index is 646. The van der Waals surface area contributed by atoms with E-state index in [9.17, 15) is 18.0 Å². The summed E-state index contributed by atoms with van der Waals surface area (Å²) < 4.78 is 40.7. The van der Waals surface area contributed by atoms with Crippen molar-refractivity contribution in [1.82, 2.24) is 14.7 Å². The second-order valence-electron chi connectivity index (χ2n) is 7.47. The van der Waals surface area contributed by atoms with Gasteiger partial charge in [-0.15, -0.1) is 0 Å². The molecule has 2 heterocycles. The number of halogens is 3. The molecule has 1 fully saturated rings. The lowest BCUT2D eigenvalue weighted by Crippen LogP contribution is -2.50. The van der Waals surface area contributed by atoms with E-state index in [1.54, 1.807) is 0 Å². The Labute approximate surface area is 164 Å². The number of ether oxygens (including phenoxy) is 1. The second kappa shape index (κ2) is 9.71. The average Bonchev–Trinajstić information content (AvgIpc) is 2.67. The Balaban J connectivity index is 1.32. The van der Waals surface area contributed by atoms with Crippen LogP contribution in [-0.2, 0) is 22.5 Å². The van der Waals surface area contributed by atoms with Crippen LogP contribution in [0.3, 0.4) is 0 Å². The number of carbonyl (C=O) groups excluding carboxylic acids is 1. The van der Waals surface area contributed by atoms with Crippen molar-refractivity contribution in [2.24, 2.45) is 0 Å². The molecule has 1 aromatic rings. The molecule has 0 unspecified atom stereocenters. The lowest BCUT2D eigenvalue weighted by Gasteiger charge is -2.36. The summed E-state index contributed by atoms with van der Waals surface area (Å²) in [5, 5.41) is 0. The molecule has 0 saturated carbocycles. The van der Waals surface area contributed by atoms with Crippen LogP contribution >= 0.6 is 0 Å². The SMILES string of the molecule is O=C(CN1CCN(CCCOCC(F)(F)F)CC1)N1CCc2ccccc2C1. The molecule has 0 atom stereocenters. The number of nitrogens with zero attached hydrogens (tertiary/aromatic N) is 3. The number of rotatable bonds is 7. The van der Waals surface area contributed by atoms with Crippen molar-refractivity contribution in [1.29, 1.82) is 0 Å². The van der Waals surface area contributed by atoms with Gasteiger partial charge in [0.2, 0.25) is 5.91 Å². The number of hydrogen-bond acceptors (Lipinski definition) is 4. The van der Waals surface area contributed by atoms with Crippen molar-refractivity contribution in [2.45, 2.75) is 25.6 Å². The molecule has 1 aromatic carbocycles.